The van der Waals surface area contributed by atoms with Crippen LogP contribution in [0.15, 0.2) is 48.5 Å². The number of carbonyl (C=O) groups is 1. The van der Waals surface area contributed by atoms with Gasteiger partial charge in [0.05, 0.1) is 11.2 Å². The van der Waals surface area contributed by atoms with Gasteiger partial charge in [0.1, 0.15) is 6.54 Å². The average molecular weight is 329 g/mol. The summed E-state index contributed by atoms with van der Waals surface area (Å²) < 4.78 is 1.55. The molecule has 1 aromatic heterocycles. The number of hydrogen-bond donors (Lipinski definition) is 1. The number of carboxylic acids is 1. The quantitative estimate of drug-likeness (QED) is 0.784. The monoisotopic (exact) mass is 328 g/mol. The van der Waals surface area contributed by atoms with Crippen LogP contribution in [0.4, 0.5) is 0 Å². The van der Waals surface area contributed by atoms with Gasteiger partial charge in [-0.3, -0.25) is 9.48 Å². The molecule has 5 heteroatoms. The molecular weight excluding hydrogens is 312 g/mol. The van der Waals surface area contributed by atoms with E-state index in [1.165, 1.54) is 0 Å². The lowest BCUT2D eigenvalue weighted by atomic mass is 9.80. The molecule has 3 rings (SSSR count). The number of halogens is 1. The molecule has 0 fully saturated rings. The third-order valence-electron chi connectivity index (χ3n) is 4.10. The van der Waals surface area contributed by atoms with Gasteiger partial charge in [0, 0.05) is 15.8 Å². The molecule has 23 heavy (non-hydrogen) atoms. The summed E-state index contributed by atoms with van der Waals surface area (Å²) >= 11 is 5.98. The Bertz CT molecular complexity index is 866. The second kappa shape index (κ2) is 5.70. The van der Waals surface area contributed by atoms with Crippen LogP contribution in [0.2, 0.25) is 5.02 Å². The van der Waals surface area contributed by atoms with Crippen LogP contribution in [0.25, 0.3) is 10.9 Å². The Kier molecular flexibility index (Phi) is 3.86. The van der Waals surface area contributed by atoms with Gasteiger partial charge in [-0.05, 0) is 23.8 Å². The molecule has 0 spiro atoms. The molecule has 0 aliphatic carbocycles. The molecular formula is C18H17ClN2O2. The van der Waals surface area contributed by atoms with Crippen LogP contribution >= 0.6 is 11.6 Å². The minimum atomic E-state index is -0.908. The van der Waals surface area contributed by atoms with Crippen LogP contribution in [0, 0.1) is 0 Å². The summed E-state index contributed by atoms with van der Waals surface area (Å²) in [6.45, 7) is 4.00. The smallest absolute Gasteiger partial charge is 0.325 e. The third kappa shape index (κ3) is 2.82. The van der Waals surface area contributed by atoms with Crippen molar-refractivity contribution >= 4 is 28.5 Å². The topological polar surface area (TPSA) is 55.1 Å². The van der Waals surface area contributed by atoms with Gasteiger partial charge in [0.2, 0.25) is 0 Å². The molecule has 0 aliphatic rings. The van der Waals surface area contributed by atoms with E-state index in [1.807, 2.05) is 48.5 Å². The lowest BCUT2D eigenvalue weighted by Crippen LogP contribution is -2.21. The largest absolute Gasteiger partial charge is 0.480 e. The van der Waals surface area contributed by atoms with Crippen LogP contribution in [-0.2, 0) is 16.8 Å². The van der Waals surface area contributed by atoms with E-state index in [0.717, 1.165) is 22.2 Å². The fourth-order valence-electron chi connectivity index (χ4n) is 2.84. The number of hydrogen-bond acceptors (Lipinski definition) is 2. The number of carboxylic acid groups (broad SMARTS) is 1. The first kappa shape index (κ1) is 15.6. The number of rotatable bonds is 4. The highest BCUT2D eigenvalue weighted by Crippen LogP contribution is 2.35. The summed E-state index contributed by atoms with van der Waals surface area (Å²) in [5, 5.41) is 15.4. The first-order valence-electron chi connectivity index (χ1n) is 7.33. The van der Waals surface area contributed by atoms with Gasteiger partial charge in [-0.1, -0.05) is 55.8 Å². The van der Waals surface area contributed by atoms with Crippen molar-refractivity contribution in [2.75, 3.05) is 0 Å². The Morgan fingerprint density at radius 1 is 1.17 bits per heavy atom. The van der Waals surface area contributed by atoms with Crippen molar-refractivity contribution in [3.05, 3.63) is 64.8 Å². The van der Waals surface area contributed by atoms with E-state index in [0.29, 0.717) is 5.02 Å². The SMILES string of the molecule is CC(C)(c1ccc(Cl)cc1)c1nn(CC(=O)O)c2ccccc12. The predicted octanol–water partition coefficient (Wildman–Crippen LogP) is 4.10. The number of aliphatic carboxylic acids is 1. The van der Waals surface area contributed by atoms with Crippen molar-refractivity contribution in [3.8, 4) is 0 Å². The molecule has 1 heterocycles. The zero-order valence-electron chi connectivity index (χ0n) is 13.0. The van der Waals surface area contributed by atoms with E-state index in [1.54, 1.807) is 4.68 Å². The van der Waals surface area contributed by atoms with Gasteiger partial charge in [-0.25, -0.2) is 0 Å². The standard InChI is InChI=1S/C18H17ClN2O2/c1-18(2,12-7-9-13(19)10-8-12)17-14-5-3-4-6-15(14)21(20-17)11-16(22)23/h3-10H,11H2,1-2H3,(H,22,23). The van der Waals surface area contributed by atoms with Crippen molar-refractivity contribution < 1.29 is 9.90 Å². The Labute approximate surface area is 139 Å². The molecule has 3 aromatic rings. The van der Waals surface area contributed by atoms with Crippen LogP contribution in [0.3, 0.4) is 0 Å². The highest BCUT2D eigenvalue weighted by molar-refractivity contribution is 6.30. The van der Waals surface area contributed by atoms with Crippen molar-refractivity contribution in [2.24, 2.45) is 0 Å². The number of nitrogens with zero attached hydrogens (tertiary/aromatic N) is 2. The average Bonchev–Trinajstić information content (AvgIpc) is 2.87. The van der Waals surface area contributed by atoms with Crippen LogP contribution in [-0.4, -0.2) is 20.9 Å². The first-order chi connectivity index (χ1) is 10.9. The molecule has 118 valence electrons. The van der Waals surface area contributed by atoms with Gasteiger partial charge < -0.3 is 5.11 Å². The summed E-state index contributed by atoms with van der Waals surface area (Å²) in [5.74, 6) is -0.908. The Hall–Kier alpha value is -2.33. The summed E-state index contributed by atoms with van der Waals surface area (Å²) in [6, 6.07) is 15.4. The van der Waals surface area contributed by atoms with Crippen LogP contribution in [0.5, 0.6) is 0 Å². The highest BCUT2D eigenvalue weighted by atomic mass is 35.5. The van der Waals surface area contributed by atoms with Gasteiger partial charge in [-0.15, -0.1) is 0 Å². The lowest BCUT2D eigenvalue weighted by molar-refractivity contribution is -0.137. The van der Waals surface area contributed by atoms with Gasteiger partial charge in [0.15, 0.2) is 0 Å². The Morgan fingerprint density at radius 2 is 1.83 bits per heavy atom. The lowest BCUT2D eigenvalue weighted by Gasteiger charge is -2.23. The van der Waals surface area contributed by atoms with E-state index in [4.69, 9.17) is 16.7 Å². The molecule has 0 radical (unpaired) electrons. The maximum Gasteiger partial charge on any atom is 0.325 e. The fourth-order valence-corrected chi connectivity index (χ4v) is 2.97. The van der Waals surface area contributed by atoms with E-state index in [2.05, 4.69) is 18.9 Å². The second-order valence-corrected chi connectivity index (χ2v) is 6.49. The Balaban J connectivity index is 2.18. The number of aromatic nitrogens is 2. The van der Waals surface area contributed by atoms with E-state index in [-0.39, 0.29) is 12.0 Å². The minimum Gasteiger partial charge on any atom is -0.480 e. The fraction of sp³-hybridized carbons (Fsp3) is 0.222. The van der Waals surface area contributed by atoms with Crippen LogP contribution < -0.4 is 0 Å². The van der Waals surface area contributed by atoms with Crippen molar-refractivity contribution in [3.63, 3.8) is 0 Å². The summed E-state index contributed by atoms with van der Waals surface area (Å²) in [7, 11) is 0. The number of fused-ring (bicyclic) bond motifs is 1. The molecule has 4 nitrogen and oxygen atoms in total. The zero-order chi connectivity index (χ0) is 16.6. The van der Waals surface area contributed by atoms with Gasteiger partial charge >= 0.3 is 5.97 Å². The molecule has 0 saturated heterocycles. The van der Waals surface area contributed by atoms with Crippen molar-refractivity contribution in [2.45, 2.75) is 25.8 Å². The number of para-hydroxylation sites is 1. The molecule has 0 unspecified atom stereocenters. The third-order valence-corrected chi connectivity index (χ3v) is 4.35. The molecule has 2 aromatic carbocycles. The molecule has 0 atom stereocenters. The maximum absolute atomic E-state index is 11.1. The highest BCUT2D eigenvalue weighted by Gasteiger charge is 2.29. The molecule has 0 bridgehead atoms. The molecule has 0 amide bonds. The molecule has 1 N–H and O–H groups in total. The zero-order valence-corrected chi connectivity index (χ0v) is 13.7. The molecule has 0 aliphatic heterocycles. The van der Waals surface area contributed by atoms with Gasteiger partial charge in [0.25, 0.3) is 0 Å². The first-order valence-corrected chi connectivity index (χ1v) is 7.71. The predicted molar refractivity (Wildman–Crippen MR) is 90.9 cm³/mol. The normalized spacial score (nSPS) is 11.8. The van der Waals surface area contributed by atoms with E-state index < -0.39 is 5.97 Å². The van der Waals surface area contributed by atoms with Crippen molar-refractivity contribution in [1.82, 2.24) is 9.78 Å². The summed E-state index contributed by atoms with van der Waals surface area (Å²) in [5.41, 5.74) is 2.39. The Morgan fingerprint density at radius 3 is 2.48 bits per heavy atom. The molecule has 0 saturated carbocycles. The minimum absolute atomic E-state index is 0.156. The van der Waals surface area contributed by atoms with Gasteiger partial charge in [-0.2, -0.15) is 5.10 Å². The summed E-state index contributed by atoms with van der Waals surface area (Å²) in [4.78, 5) is 11.1. The second-order valence-electron chi connectivity index (χ2n) is 6.05. The summed E-state index contributed by atoms with van der Waals surface area (Å²) in [6.07, 6.45) is 0. The van der Waals surface area contributed by atoms with Crippen molar-refractivity contribution in [1.29, 1.82) is 0 Å². The number of benzene rings is 2. The van der Waals surface area contributed by atoms with E-state index in [9.17, 15) is 4.79 Å². The maximum atomic E-state index is 11.1. The van der Waals surface area contributed by atoms with E-state index >= 15 is 0 Å². The van der Waals surface area contributed by atoms with Crippen LogP contribution in [0.1, 0.15) is 25.1 Å².